The quantitative estimate of drug-likeness (QED) is 0.819. The maximum absolute atomic E-state index is 12.5. The maximum atomic E-state index is 12.5. The van der Waals surface area contributed by atoms with Gasteiger partial charge in [0.25, 0.3) is 0 Å². The number of anilines is 1. The van der Waals surface area contributed by atoms with Gasteiger partial charge < -0.3 is 5.32 Å². The van der Waals surface area contributed by atoms with Gasteiger partial charge in [0.15, 0.2) is 5.78 Å². The first kappa shape index (κ1) is 13.9. The standard InChI is InChI=1S/C17H23NO/c1-14(18-16-12-8-5-9-13-16)17(19)15-10-6-3-2-4-7-11-15/h2-3,5,8-9,12-15,18H,4,6-7,10-11H2,1H3/b3-2-. The van der Waals surface area contributed by atoms with Gasteiger partial charge in [0.2, 0.25) is 0 Å². The predicted octanol–water partition coefficient (Wildman–Crippen LogP) is 4.19. The fraction of sp³-hybridized carbons (Fsp3) is 0.471. The van der Waals surface area contributed by atoms with E-state index in [1.807, 2.05) is 37.3 Å². The van der Waals surface area contributed by atoms with Crippen LogP contribution in [-0.2, 0) is 4.79 Å². The molecule has 2 nitrogen and oxygen atoms in total. The Bertz CT molecular complexity index is 424. The van der Waals surface area contributed by atoms with Crippen molar-refractivity contribution in [2.75, 3.05) is 5.32 Å². The molecule has 19 heavy (non-hydrogen) atoms. The normalized spacial score (nSPS) is 22.9. The van der Waals surface area contributed by atoms with Crippen LogP contribution in [0.5, 0.6) is 0 Å². The van der Waals surface area contributed by atoms with Crippen LogP contribution in [0.1, 0.15) is 39.0 Å². The van der Waals surface area contributed by atoms with Crippen LogP contribution in [0.2, 0.25) is 0 Å². The van der Waals surface area contributed by atoms with E-state index in [2.05, 4.69) is 17.5 Å². The minimum Gasteiger partial charge on any atom is -0.376 e. The zero-order chi connectivity index (χ0) is 13.5. The van der Waals surface area contributed by atoms with Gasteiger partial charge in [0, 0.05) is 11.6 Å². The van der Waals surface area contributed by atoms with E-state index in [1.54, 1.807) is 0 Å². The molecule has 0 aromatic heterocycles. The number of carbonyl (C=O) groups excluding carboxylic acids is 1. The van der Waals surface area contributed by atoms with E-state index in [4.69, 9.17) is 0 Å². The second-order valence-corrected chi connectivity index (χ2v) is 5.31. The monoisotopic (exact) mass is 257 g/mol. The Morgan fingerprint density at radius 3 is 2.68 bits per heavy atom. The van der Waals surface area contributed by atoms with E-state index >= 15 is 0 Å². The highest BCUT2D eigenvalue weighted by Gasteiger charge is 2.23. The molecule has 2 heteroatoms. The summed E-state index contributed by atoms with van der Waals surface area (Å²) in [6.07, 6.45) is 9.77. The molecular formula is C17H23NO. The summed E-state index contributed by atoms with van der Waals surface area (Å²) in [4.78, 5) is 12.5. The molecule has 0 fully saturated rings. The smallest absolute Gasteiger partial charge is 0.157 e. The minimum absolute atomic E-state index is 0.101. The van der Waals surface area contributed by atoms with Crippen molar-refractivity contribution in [3.05, 3.63) is 42.5 Å². The lowest BCUT2D eigenvalue weighted by atomic mass is 9.88. The topological polar surface area (TPSA) is 29.1 Å². The summed E-state index contributed by atoms with van der Waals surface area (Å²) >= 11 is 0. The zero-order valence-corrected chi connectivity index (χ0v) is 11.6. The average Bonchev–Trinajstić information content (AvgIpc) is 2.39. The molecule has 1 aromatic rings. The third-order valence-corrected chi connectivity index (χ3v) is 3.76. The van der Waals surface area contributed by atoms with Crippen molar-refractivity contribution in [2.45, 2.75) is 45.1 Å². The van der Waals surface area contributed by atoms with Crippen LogP contribution in [0.3, 0.4) is 0 Å². The largest absolute Gasteiger partial charge is 0.376 e. The van der Waals surface area contributed by atoms with E-state index in [-0.39, 0.29) is 12.0 Å². The highest BCUT2D eigenvalue weighted by Crippen LogP contribution is 2.22. The van der Waals surface area contributed by atoms with Crippen molar-refractivity contribution in [3.8, 4) is 0 Å². The summed E-state index contributed by atoms with van der Waals surface area (Å²) in [6, 6.07) is 9.87. The second kappa shape index (κ2) is 7.13. The van der Waals surface area contributed by atoms with Crippen LogP contribution in [0.4, 0.5) is 5.69 Å². The first-order chi connectivity index (χ1) is 9.27. The van der Waals surface area contributed by atoms with E-state index in [0.29, 0.717) is 5.78 Å². The number of carbonyl (C=O) groups is 1. The van der Waals surface area contributed by atoms with Gasteiger partial charge in [0.1, 0.15) is 0 Å². The Morgan fingerprint density at radius 2 is 1.89 bits per heavy atom. The number of allylic oxidation sites excluding steroid dienone is 2. The second-order valence-electron chi connectivity index (χ2n) is 5.31. The van der Waals surface area contributed by atoms with E-state index in [9.17, 15) is 4.79 Å². The summed E-state index contributed by atoms with van der Waals surface area (Å²) in [7, 11) is 0. The molecule has 0 saturated heterocycles. The minimum atomic E-state index is -0.101. The molecule has 1 aliphatic carbocycles. The molecular weight excluding hydrogens is 234 g/mol. The third kappa shape index (κ3) is 4.23. The Morgan fingerprint density at radius 1 is 1.16 bits per heavy atom. The first-order valence-corrected chi connectivity index (χ1v) is 7.27. The van der Waals surface area contributed by atoms with Crippen molar-refractivity contribution in [2.24, 2.45) is 5.92 Å². The molecule has 0 spiro atoms. The summed E-state index contributed by atoms with van der Waals surface area (Å²) in [5.74, 6) is 0.579. The van der Waals surface area contributed by atoms with Crippen LogP contribution in [0.25, 0.3) is 0 Å². The van der Waals surface area contributed by atoms with Crippen molar-refractivity contribution in [3.63, 3.8) is 0 Å². The summed E-state index contributed by atoms with van der Waals surface area (Å²) in [5.41, 5.74) is 1.02. The van der Waals surface area contributed by atoms with Crippen LogP contribution in [0, 0.1) is 5.92 Å². The van der Waals surface area contributed by atoms with Gasteiger partial charge in [-0.3, -0.25) is 4.79 Å². The fourth-order valence-electron chi connectivity index (χ4n) is 2.65. The lowest BCUT2D eigenvalue weighted by Gasteiger charge is -2.22. The Hall–Kier alpha value is -1.57. The molecule has 1 N–H and O–H groups in total. The van der Waals surface area contributed by atoms with Crippen molar-refractivity contribution >= 4 is 11.5 Å². The number of benzene rings is 1. The van der Waals surface area contributed by atoms with Gasteiger partial charge in [-0.1, -0.05) is 30.4 Å². The molecule has 0 bridgehead atoms. The molecule has 0 radical (unpaired) electrons. The number of rotatable bonds is 4. The molecule has 2 unspecified atom stereocenters. The van der Waals surface area contributed by atoms with Gasteiger partial charge in [-0.25, -0.2) is 0 Å². The Labute approximate surface area is 115 Å². The lowest BCUT2D eigenvalue weighted by molar-refractivity contribution is -0.123. The lowest BCUT2D eigenvalue weighted by Crippen LogP contribution is -2.32. The van der Waals surface area contributed by atoms with Gasteiger partial charge in [-0.05, 0) is 51.2 Å². The van der Waals surface area contributed by atoms with Gasteiger partial charge >= 0.3 is 0 Å². The number of hydrogen-bond acceptors (Lipinski definition) is 2. The fourth-order valence-corrected chi connectivity index (χ4v) is 2.65. The Kier molecular flexibility index (Phi) is 5.20. The number of para-hydroxylation sites is 1. The molecule has 0 heterocycles. The highest BCUT2D eigenvalue weighted by atomic mass is 16.1. The van der Waals surface area contributed by atoms with Crippen molar-refractivity contribution in [1.29, 1.82) is 0 Å². The number of nitrogens with one attached hydrogen (secondary N) is 1. The number of Topliss-reactive ketones (excluding diaryl/α,β-unsaturated/α-hetero) is 1. The summed E-state index contributed by atoms with van der Waals surface area (Å²) in [6.45, 7) is 1.98. The summed E-state index contributed by atoms with van der Waals surface area (Å²) in [5, 5.41) is 3.31. The van der Waals surface area contributed by atoms with E-state index < -0.39 is 0 Å². The first-order valence-electron chi connectivity index (χ1n) is 7.27. The predicted molar refractivity (Wildman–Crippen MR) is 80.2 cm³/mol. The van der Waals surface area contributed by atoms with Gasteiger partial charge in [0.05, 0.1) is 6.04 Å². The molecule has 2 rings (SSSR count). The number of ketones is 1. The van der Waals surface area contributed by atoms with Gasteiger partial charge in [-0.15, -0.1) is 0 Å². The average molecular weight is 257 g/mol. The van der Waals surface area contributed by atoms with Crippen molar-refractivity contribution in [1.82, 2.24) is 0 Å². The van der Waals surface area contributed by atoms with Crippen LogP contribution < -0.4 is 5.32 Å². The van der Waals surface area contributed by atoms with E-state index in [1.165, 1.54) is 0 Å². The van der Waals surface area contributed by atoms with Crippen LogP contribution >= 0.6 is 0 Å². The molecule has 0 saturated carbocycles. The highest BCUT2D eigenvalue weighted by molar-refractivity contribution is 5.88. The zero-order valence-electron chi connectivity index (χ0n) is 11.6. The molecule has 2 atom stereocenters. The molecule has 0 aliphatic heterocycles. The molecule has 0 amide bonds. The number of hydrogen-bond donors (Lipinski definition) is 1. The van der Waals surface area contributed by atoms with Gasteiger partial charge in [-0.2, -0.15) is 0 Å². The maximum Gasteiger partial charge on any atom is 0.157 e. The molecule has 1 aromatic carbocycles. The van der Waals surface area contributed by atoms with E-state index in [0.717, 1.165) is 37.8 Å². The molecule has 1 aliphatic rings. The van der Waals surface area contributed by atoms with Crippen LogP contribution in [0.15, 0.2) is 42.5 Å². The van der Waals surface area contributed by atoms with Crippen LogP contribution in [-0.4, -0.2) is 11.8 Å². The SMILES string of the molecule is CC(Nc1ccccc1)C(=O)C1CC/C=C\CCC1. The van der Waals surface area contributed by atoms with Crippen molar-refractivity contribution < 1.29 is 4.79 Å². The molecule has 102 valence electrons. The Balaban J connectivity index is 1.92. The third-order valence-electron chi connectivity index (χ3n) is 3.76. The summed E-state index contributed by atoms with van der Waals surface area (Å²) < 4.78 is 0.